The van der Waals surface area contributed by atoms with E-state index in [-0.39, 0.29) is 5.56 Å². The number of hydrogen-bond acceptors (Lipinski definition) is 6. The monoisotopic (exact) mass is 398 g/mol. The third-order valence-corrected chi connectivity index (χ3v) is 6.11. The normalized spacial score (nSPS) is 11.6. The Balaban J connectivity index is 1.91. The summed E-state index contributed by atoms with van der Waals surface area (Å²) in [6, 6.07) is 5.79. The second-order valence-electron chi connectivity index (χ2n) is 6.67. The Hall–Kier alpha value is -2.74. The predicted octanol–water partition coefficient (Wildman–Crippen LogP) is 3.81. The van der Waals surface area contributed by atoms with Crippen LogP contribution in [0.25, 0.3) is 21.9 Å². The van der Waals surface area contributed by atoms with E-state index in [1.54, 1.807) is 11.7 Å². The summed E-state index contributed by atoms with van der Waals surface area (Å²) in [5.41, 5.74) is 4.13. The van der Waals surface area contributed by atoms with E-state index in [4.69, 9.17) is 14.2 Å². The van der Waals surface area contributed by atoms with Crippen LogP contribution >= 0.6 is 11.8 Å². The van der Waals surface area contributed by atoms with Crippen molar-refractivity contribution in [1.82, 2.24) is 19.3 Å². The van der Waals surface area contributed by atoms with Crippen molar-refractivity contribution in [3.05, 3.63) is 45.6 Å². The van der Waals surface area contributed by atoms with Gasteiger partial charge in [-0.2, -0.15) is 0 Å². The largest absolute Gasteiger partial charge is 0.497 e. The van der Waals surface area contributed by atoms with Crippen molar-refractivity contribution >= 4 is 33.7 Å². The number of methoxy groups -OCH3 is 1. The van der Waals surface area contributed by atoms with E-state index in [1.165, 1.54) is 11.8 Å². The van der Waals surface area contributed by atoms with Gasteiger partial charge in [-0.25, -0.2) is 4.98 Å². The number of aromatic nitrogens is 4. The van der Waals surface area contributed by atoms with E-state index in [2.05, 4.69) is 5.16 Å². The molecule has 1 aromatic carbocycles. The first-order chi connectivity index (χ1) is 13.5. The zero-order valence-corrected chi connectivity index (χ0v) is 17.4. The van der Waals surface area contributed by atoms with Gasteiger partial charge in [-0.3, -0.25) is 9.36 Å². The standard InChI is InChI=1S/C20H22N4O3S/c1-6-24-19(25)18-17(14-9-13(26-5)7-8-16(14)23(18)4)21-20(24)28-10-15-11(2)22-27-12(15)3/h7-9H,6,10H2,1-5H3. The lowest BCUT2D eigenvalue weighted by atomic mass is 10.2. The van der Waals surface area contributed by atoms with Crippen LogP contribution in [-0.4, -0.2) is 26.4 Å². The summed E-state index contributed by atoms with van der Waals surface area (Å²) in [4.78, 5) is 18.1. The maximum atomic E-state index is 13.2. The molecule has 0 atom stereocenters. The van der Waals surface area contributed by atoms with E-state index >= 15 is 0 Å². The van der Waals surface area contributed by atoms with Gasteiger partial charge >= 0.3 is 0 Å². The molecule has 0 saturated heterocycles. The lowest BCUT2D eigenvalue weighted by molar-refractivity contribution is 0.392. The number of fused-ring (bicyclic) bond motifs is 3. The number of thioether (sulfide) groups is 1. The fourth-order valence-corrected chi connectivity index (χ4v) is 4.70. The summed E-state index contributed by atoms with van der Waals surface area (Å²) < 4.78 is 14.3. The van der Waals surface area contributed by atoms with Crippen molar-refractivity contribution in [3.63, 3.8) is 0 Å². The molecule has 3 aromatic heterocycles. The van der Waals surface area contributed by atoms with Crippen LogP contribution < -0.4 is 10.3 Å². The molecular formula is C20H22N4O3S. The Morgan fingerprint density at radius 3 is 2.71 bits per heavy atom. The van der Waals surface area contributed by atoms with Gasteiger partial charge in [-0.1, -0.05) is 16.9 Å². The average Bonchev–Trinajstić information content (AvgIpc) is 3.16. The van der Waals surface area contributed by atoms with Crippen LogP contribution in [0.1, 0.15) is 23.9 Å². The minimum absolute atomic E-state index is 0.0357. The highest BCUT2D eigenvalue weighted by atomic mass is 32.2. The molecule has 28 heavy (non-hydrogen) atoms. The van der Waals surface area contributed by atoms with Crippen molar-refractivity contribution in [3.8, 4) is 5.75 Å². The van der Waals surface area contributed by atoms with Crippen molar-refractivity contribution in [2.45, 2.75) is 38.2 Å². The van der Waals surface area contributed by atoms with Gasteiger partial charge in [0.1, 0.15) is 22.5 Å². The second-order valence-corrected chi connectivity index (χ2v) is 7.62. The first kappa shape index (κ1) is 18.6. The fourth-order valence-electron chi connectivity index (χ4n) is 3.49. The van der Waals surface area contributed by atoms with Gasteiger partial charge < -0.3 is 13.8 Å². The van der Waals surface area contributed by atoms with Crippen molar-refractivity contribution < 1.29 is 9.26 Å². The van der Waals surface area contributed by atoms with Crippen molar-refractivity contribution in [2.75, 3.05) is 7.11 Å². The molecule has 8 heteroatoms. The molecular weight excluding hydrogens is 376 g/mol. The Morgan fingerprint density at radius 2 is 2.07 bits per heavy atom. The molecule has 4 aromatic rings. The Labute approximate surface area is 166 Å². The number of hydrogen-bond donors (Lipinski definition) is 0. The zero-order valence-electron chi connectivity index (χ0n) is 16.6. The molecule has 0 aliphatic rings. The highest BCUT2D eigenvalue weighted by Gasteiger charge is 2.19. The zero-order chi connectivity index (χ0) is 20.0. The Bertz CT molecular complexity index is 1230. The first-order valence-corrected chi connectivity index (χ1v) is 10.1. The van der Waals surface area contributed by atoms with Crippen molar-refractivity contribution in [1.29, 1.82) is 0 Å². The minimum atomic E-state index is -0.0357. The number of benzene rings is 1. The van der Waals surface area contributed by atoms with Gasteiger partial charge in [0, 0.05) is 30.3 Å². The first-order valence-electron chi connectivity index (χ1n) is 9.07. The van der Waals surface area contributed by atoms with E-state index < -0.39 is 0 Å². The third kappa shape index (κ3) is 2.79. The van der Waals surface area contributed by atoms with Crippen LogP contribution in [0.4, 0.5) is 0 Å². The van der Waals surface area contributed by atoms with E-state index in [9.17, 15) is 4.79 Å². The van der Waals surface area contributed by atoms with Gasteiger partial charge in [0.25, 0.3) is 5.56 Å². The number of aryl methyl sites for hydroxylation is 3. The molecule has 0 aliphatic carbocycles. The van der Waals surface area contributed by atoms with Gasteiger partial charge in [-0.05, 0) is 39.0 Å². The smallest absolute Gasteiger partial charge is 0.278 e. The molecule has 0 fully saturated rings. The summed E-state index contributed by atoms with van der Waals surface area (Å²) in [7, 11) is 3.53. The molecule has 0 bridgehead atoms. The van der Waals surface area contributed by atoms with Crippen LogP contribution in [-0.2, 0) is 19.3 Å². The van der Waals surface area contributed by atoms with Crippen LogP contribution in [0.5, 0.6) is 5.75 Å². The van der Waals surface area contributed by atoms with Crippen LogP contribution in [0.15, 0.2) is 32.7 Å². The van der Waals surface area contributed by atoms with Gasteiger partial charge in [0.15, 0.2) is 5.16 Å². The lowest BCUT2D eigenvalue weighted by Gasteiger charge is -2.10. The minimum Gasteiger partial charge on any atom is -0.497 e. The molecule has 3 heterocycles. The van der Waals surface area contributed by atoms with E-state index in [1.807, 2.05) is 50.6 Å². The van der Waals surface area contributed by atoms with Crippen LogP contribution in [0, 0.1) is 13.8 Å². The molecule has 146 valence electrons. The summed E-state index contributed by atoms with van der Waals surface area (Å²) in [5, 5.41) is 5.61. The number of ether oxygens (including phenoxy) is 1. The van der Waals surface area contributed by atoms with Gasteiger partial charge in [-0.15, -0.1) is 0 Å². The highest BCUT2D eigenvalue weighted by Crippen LogP contribution is 2.31. The average molecular weight is 398 g/mol. The maximum absolute atomic E-state index is 13.2. The topological polar surface area (TPSA) is 75.1 Å². The summed E-state index contributed by atoms with van der Waals surface area (Å²) in [6.45, 7) is 6.33. The highest BCUT2D eigenvalue weighted by molar-refractivity contribution is 7.98. The predicted molar refractivity (Wildman–Crippen MR) is 110 cm³/mol. The molecule has 0 aliphatic heterocycles. The molecule has 0 saturated carbocycles. The van der Waals surface area contributed by atoms with E-state index in [0.29, 0.717) is 28.5 Å². The molecule has 7 nitrogen and oxygen atoms in total. The quantitative estimate of drug-likeness (QED) is 0.376. The maximum Gasteiger partial charge on any atom is 0.278 e. The molecule has 0 spiro atoms. The van der Waals surface area contributed by atoms with Gasteiger partial charge in [0.2, 0.25) is 0 Å². The lowest BCUT2D eigenvalue weighted by Crippen LogP contribution is -2.23. The Kier molecular flexibility index (Phi) is 4.66. The molecule has 4 rings (SSSR count). The molecule has 0 N–H and O–H groups in total. The fraction of sp³-hybridized carbons (Fsp3) is 0.350. The number of nitrogens with zero attached hydrogens (tertiary/aromatic N) is 4. The van der Waals surface area contributed by atoms with Crippen LogP contribution in [0.2, 0.25) is 0 Å². The van der Waals surface area contributed by atoms with E-state index in [0.717, 1.165) is 33.7 Å². The summed E-state index contributed by atoms with van der Waals surface area (Å²) in [6.07, 6.45) is 0. The number of rotatable bonds is 5. The second kappa shape index (κ2) is 7.01. The SMILES string of the molecule is CCn1c(SCc2c(C)noc2C)nc2c3cc(OC)ccc3n(C)c2c1=O. The molecule has 0 radical (unpaired) electrons. The van der Waals surface area contributed by atoms with Crippen molar-refractivity contribution in [2.24, 2.45) is 7.05 Å². The third-order valence-electron chi connectivity index (χ3n) is 5.11. The van der Waals surface area contributed by atoms with Gasteiger partial charge in [0.05, 0.1) is 18.3 Å². The van der Waals surface area contributed by atoms with Crippen LogP contribution in [0.3, 0.4) is 0 Å². The molecule has 0 amide bonds. The Morgan fingerprint density at radius 1 is 1.29 bits per heavy atom. The summed E-state index contributed by atoms with van der Waals surface area (Å²) >= 11 is 1.53. The molecule has 0 unspecified atom stereocenters. The summed E-state index contributed by atoms with van der Waals surface area (Å²) in [5.74, 6) is 2.19.